The van der Waals surface area contributed by atoms with E-state index in [9.17, 15) is 9.59 Å². The van der Waals surface area contributed by atoms with Gasteiger partial charge in [0.05, 0.1) is 0 Å². The lowest BCUT2D eigenvalue weighted by molar-refractivity contribution is -0.152. The maximum Gasteiger partial charge on any atom is 0.305 e. The Kier molecular flexibility index (Phi) is 18.5. The molecule has 0 aromatic rings. The van der Waals surface area contributed by atoms with Crippen LogP contribution in [-0.4, -0.2) is 25.2 Å². The Morgan fingerprint density at radius 2 is 0.923 bits per heavy atom. The molecule has 0 amide bonds. The van der Waals surface area contributed by atoms with Gasteiger partial charge in [-0.1, -0.05) is 50.7 Å². The van der Waals surface area contributed by atoms with Crippen LogP contribution in [0.3, 0.4) is 0 Å². The van der Waals surface area contributed by atoms with E-state index in [0.717, 1.165) is 51.4 Å². The summed E-state index contributed by atoms with van der Waals surface area (Å²) >= 11 is 0. The molecule has 0 aliphatic rings. The number of ether oxygens (including phenoxy) is 2. The van der Waals surface area contributed by atoms with Gasteiger partial charge in [0.1, 0.15) is 13.2 Å². The van der Waals surface area contributed by atoms with Gasteiger partial charge in [0.15, 0.2) is 0 Å². The van der Waals surface area contributed by atoms with Crippen LogP contribution in [-0.2, 0) is 19.1 Å². The first kappa shape index (κ1) is 24.4. The zero-order chi connectivity index (χ0) is 19.3. The number of unbranched alkanes of at least 4 members (excludes halogenated alkanes) is 10. The Labute approximate surface area is 160 Å². The van der Waals surface area contributed by atoms with Crippen molar-refractivity contribution < 1.29 is 19.1 Å². The molecule has 0 bridgehead atoms. The molecule has 0 aliphatic carbocycles. The molecule has 0 aliphatic heterocycles. The first-order valence-corrected chi connectivity index (χ1v) is 10.2. The lowest BCUT2D eigenvalue weighted by Gasteiger charge is -2.07. The maximum absolute atomic E-state index is 11.6. The van der Waals surface area contributed by atoms with Gasteiger partial charge in [-0.2, -0.15) is 0 Å². The second-order valence-electron chi connectivity index (χ2n) is 6.63. The van der Waals surface area contributed by atoms with Crippen molar-refractivity contribution in [3.8, 4) is 0 Å². The zero-order valence-electron chi connectivity index (χ0n) is 16.5. The van der Waals surface area contributed by atoms with Crippen molar-refractivity contribution in [2.45, 2.75) is 89.9 Å². The molecule has 0 rings (SSSR count). The van der Waals surface area contributed by atoms with E-state index < -0.39 is 0 Å². The molecule has 26 heavy (non-hydrogen) atoms. The SMILES string of the molecule is C=CCCCCCCCC(=O)OCCOC(=O)CCCCCCCC=C. The van der Waals surface area contributed by atoms with Crippen LogP contribution >= 0.6 is 0 Å². The number of carbonyl (C=O) groups is 2. The number of carbonyl (C=O) groups excluding carboxylic acids is 2. The molecule has 0 atom stereocenters. The average molecular weight is 367 g/mol. The third kappa shape index (κ3) is 18.8. The zero-order valence-corrected chi connectivity index (χ0v) is 16.5. The number of allylic oxidation sites excluding steroid dienone is 2. The van der Waals surface area contributed by atoms with Gasteiger partial charge in [-0.15, -0.1) is 13.2 Å². The highest BCUT2D eigenvalue weighted by Gasteiger charge is 2.05. The van der Waals surface area contributed by atoms with Gasteiger partial charge < -0.3 is 9.47 Å². The lowest BCUT2D eigenvalue weighted by atomic mass is 10.1. The Morgan fingerprint density at radius 1 is 0.577 bits per heavy atom. The molecule has 150 valence electrons. The molecule has 4 nitrogen and oxygen atoms in total. The molecule has 4 heteroatoms. The minimum Gasteiger partial charge on any atom is -0.462 e. The summed E-state index contributed by atoms with van der Waals surface area (Å²) in [5, 5.41) is 0. The van der Waals surface area contributed by atoms with E-state index in [1.54, 1.807) is 0 Å². The molecule has 0 saturated carbocycles. The summed E-state index contributed by atoms with van der Waals surface area (Å²) in [4.78, 5) is 23.1. The normalized spacial score (nSPS) is 10.3. The molecular weight excluding hydrogens is 328 g/mol. The van der Waals surface area contributed by atoms with Crippen molar-refractivity contribution >= 4 is 11.9 Å². The van der Waals surface area contributed by atoms with Crippen LogP contribution in [0.1, 0.15) is 89.9 Å². The fourth-order valence-corrected chi connectivity index (χ4v) is 2.63. The third-order valence-electron chi connectivity index (χ3n) is 4.19. The number of hydrogen-bond donors (Lipinski definition) is 0. The van der Waals surface area contributed by atoms with Gasteiger partial charge >= 0.3 is 11.9 Å². The Balaban J connectivity index is 3.33. The van der Waals surface area contributed by atoms with Gasteiger partial charge in [0.2, 0.25) is 0 Å². The second kappa shape index (κ2) is 19.7. The number of rotatable bonds is 19. The fourth-order valence-electron chi connectivity index (χ4n) is 2.63. The molecule has 0 radical (unpaired) electrons. The van der Waals surface area contributed by atoms with Gasteiger partial charge in [-0.05, 0) is 38.5 Å². The van der Waals surface area contributed by atoms with Gasteiger partial charge in [0.25, 0.3) is 0 Å². The van der Waals surface area contributed by atoms with E-state index in [1.807, 2.05) is 12.2 Å². The molecule has 0 spiro atoms. The van der Waals surface area contributed by atoms with Crippen LogP contribution in [0.15, 0.2) is 25.3 Å². The van der Waals surface area contributed by atoms with Crippen LogP contribution in [0.25, 0.3) is 0 Å². The summed E-state index contributed by atoms with van der Waals surface area (Å²) in [7, 11) is 0. The number of esters is 2. The molecule has 0 aromatic carbocycles. The topological polar surface area (TPSA) is 52.6 Å². The highest BCUT2D eigenvalue weighted by Crippen LogP contribution is 2.09. The monoisotopic (exact) mass is 366 g/mol. The quantitative estimate of drug-likeness (QED) is 0.162. The van der Waals surface area contributed by atoms with Crippen molar-refractivity contribution in [3.63, 3.8) is 0 Å². The third-order valence-corrected chi connectivity index (χ3v) is 4.19. The smallest absolute Gasteiger partial charge is 0.305 e. The maximum atomic E-state index is 11.6. The molecule has 0 unspecified atom stereocenters. The predicted molar refractivity (Wildman–Crippen MR) is 107 cm³/mol. The van der Waals surface area contributed by atoms with Crippen molar-refractivity contribution in [2.24, 2.45) is 0 Å². The Hall–Kier alpha value is -1.58. The van der Waals surface area contributed by atoms with Crippen molar-refractivity contribution in [1.82, 2.24) is 0 Å². The minimum atomic E-state index is -0.202. The second-order valence-corrected chi connectivity index (χ2v) is 6.63. The largest absolute Gasteiger partial charge is 0.462 e. The van der Waals surface area contributed by atoms with Crippen LogP contribution in [0.2, 0.25) is 0 Å². The van der Waals surface area contributed by atoms with E-state index in [-0.39, 0.29) is 25.2 Å². The van der Waals surface area contributed by atoms with Crippen molar-refractivity contribution in [2.75, 3.05) is 13.2 Å². The highest BCUT2D eigenvalue weighted by atomic mass is 16.6. The first-order valence-electron chi connectivity index (χ1n) is 10.2. The predicted octanol–water partition coefficient (Wildman–Crippen LogP) is 5.91. The minimum absolute atomic E-state index is 0.158. The average Bonchev–Trinajstić information content (AvgIpc) is 2.64. The summed E-state index contributed by atoms with van der Waals surface area (Å²) in [5.74, 6) is -0.404. The van der Waals surface area contributed by atoms with Crippen LogP contribution in [0.5, 0.6) is 0 Å². The Morgan fingerprint density at radius 3 is 1.31 bits per heavy atom. The Bertz CT molecular complexity index is 340. The first-order chi connectivity index (χ1) is 12.7. The fraction of sp³-hybridized carbons (Fsp3) is 0.727. The molecule has 0 aromatic heterocycles. The molecule has 0 heterocycles. The van der Waals surface area contributed by atoms with E-state index in [2.05, 4.69) is 13.2 Å². The summed E-state index contributed by atoms with van der Waals surface area (Å²) in [5.41, 5.74) is 0. The van der Waals surface area contributed by atoms with Crippen LogP contribution < -0.4 is 0 Å². The summed E-state index contributed by atoms with van der Waals surface area (Å²) in [6.07, 6.45) is 17.7. The van der Waals surface area contributed by atoms with E-state index in [0.29, 0.717) is 12.8 Å². The van der Waals surface area contributed by atoms with Crippen LogP contribution in [0.4, 0.5) is 0 Å². The lowest BCUT2D eigenvalue weighted by Crippen LogP contribution is -2.13. The molecule has 0 N–H and O–H groups in total. The molecule has 0 saturated heterocycles. The summed E-state index contributed by atoms with van der Waals surface area (Å²) < 4.78 is 10.2. The van der Waals surface area contributed by atoms with Gasteiger partial charge in [-0.25, -0.2) is 0 Å². The van der Waals surface area contributed by atoms with E-state index in [4.69, 9.17) is 9.47 Å². The molecular formula is C22H38O4. The number of hydrogen-bond acceptors (Lipinski definition) is 4. The standard InChI is InChI=1S/C22H38O4/c1-3-5-7-9-11-13-15-17-21(23)25-19-20-26-22(24)18-16-14-12-10-8-6-4-2/h3-4H,1-2,5-20H2. The van der Waals surface area contributed by atoms with E-state index >= 15 is 0 Å². The summed E-state index contributed by atoms with van der Waals surface area (Å²) in [6.45, 7) is 7.72. The van der Waals surface area contributed by atoms with E-state index in [1.165, 1.54) is 25.7 Å². The van der Waals surface area contributed by atoms with Crippen molar-refractivity contribution in [3.05, 3.63) is 25.3 Å². The van der Waals surface area contributed by atoms with Gasteiger partial charge in [-0.3, -0.25) is 9.59 Å². The molecule has 0 fully saturated rings. The summed E-state index contributed by atoms with van der Waals surface area (Å²) in [6, 6.07) is 0. The highest BCUT2D eigenvalue weighted by molar-refractivity contribution is 5.70. The van der Waals surface area contributed by atoms with Gasteiger partial charge in [0, 0.05) is 12.8 Å². The van der Waals surface area contributed by atoms with Crippen LogP contribution in [0, 0.1) is 0 Å². The van der Waals surface area contributed by atoms with Crippen molar-refractivity contribution in [1.29, 1.82) is 0 Å².